The van der Waals surface area contributed by atoms with Gasteiger partial charge in [0.25, 0.3) is 0 Å². The zero-order valence-corrected chi connectivity index (χ0v) is 28.9. The Hall–Kier alpha value is -6.35. The minimum atomic E-state index is -0.391. The lowest BCUT2D eigenvalue weighted by molar-refractivity contribution is 0.794. The number of pyridine rings is 1. The predicted octanol–water partition coefficient (Wildman–Crippen LogP) is 13.4. The summed E-state index contributed by atoms with van der Waals surface area (Å²) in [5, 5.41) is 6.28. The Labute approximate surface area is 305 Å². The van der Waals surface area contributed by atoms with Gasteiger partial charge in [-0.1, -0.05) is 158 Å². The van der Waals surface area contributed by atoms with Crippen LogP contribution in [0.15, 0.2) is 176 Å². The van der Waals surface area contributed by atoms with Gasteiger partial charge in [-0.05, 0) is 68.3 Å². The van der Waals surface area contributed by atoms with Gasteiger partial charge >= 0.3 is 0 Å². The maximum absolute atomic E-state index is 5.40. The smallest absolute Gasteiger partial charge is 0.0788 e. The van der Waals surface area contributed by atoms with Crippen LogP contribution in [0.1, 0.15) is 22.3 Å². The molecule has 0 atom stereocenters. The van der Waals surface area contributed by atoms with E-state index in [9.17, 15) is 0 Å². The van der Waals surface area contributed by atoms with E-state index < -0.39 is 5.41 Å². The number of rotatable bonds is 2. The molecule has 240 valence electrons. The van der Waals surface area contributed by atoms with Gasteiger partial charge in [0.2, 0.25) is 0 Å². The molecule has 0 unspecified atom stereocenters. The van der Waals surface area contributed by atoms with Crippen molar-refractivity contribution >= 4 is 53.2 Å². The molecule has 1 spiro atoms. The summed E-state index contributed by atoms with van der Waals surface area (Å²) >= 11 is 1.92. The minimum absolute atomic E-state index is 0.391. The van der Waals surface area contributed by atoms with E-state index in [1.165, 1.54) is 92.0 Å². The van der Waals surface area contributed by atoms with Gasteiger partial charge in [0.15, 0.2) is 0 Å². The van der Waals surface area contributed by atoms with Crippen molar-refractivity contribution < 1.29 is 0 Å². The summed E-state index contributed by atoms with van der Waals surface area (Å²) in [5.41, 5.74) is 16.1. The lowest BCUT2D eigenvalue weighted by atomic mass is 9.70. The van der Waals surface area contributed by atoms with Gasteiger partial charge in [0, 0.05) is 47.5 Å². The molecular formula is C50H29NS. The van der Waals surface area contributed by atoms with E-state index >= 15 is 0 Å². The van der Waals surface area contributed by atoms with E-state index in [1.54, 1.807) is 0 Å². The van der Waals surface area contributed by atoms with Crippen molar-refractivity contribution in [2.45, 2.75) is 5.41 Å². The molecular weight excluding hydrogens is 647 g/mol. The molecule has 0 amide bonds. The number of nitrogens with zero attached hydrogens (tertiary/aromatic N) is 1. The summed E-state index contributed by atoms with van der Waals surface area (Å²) in [6, 6.07) is 65.1. The molecule has 0 aliphatic heterocycles. The van der Waals surface area contributed by atoms with Crippen LogP contribution >= 0.6 is 11.3 Å². The van der Waals surface area contributed by atoms with Gasteiger partial charge in [-0.15, -0.1) is 11.3 Å². The van der Waals surface area contributed by atoms with Gasteiger partial charge in [-0.3, -0.25) is 0 Å². The van der Waals surface area contributed by atoms with Crippen LogP contribution < -0.4 is 0 Å². The quantitative estimate of drug-likeness (QED) is 0.166. The SMILES string of the molecule is c1ccc(-c2nc3ccccc3c3c2cc(-c2cccc4c2-c2ccccc2C42c4ccccc4-c4ccccc42)c2sc4ccccc4c23)cc1. The highest BCUT2D eigenvalue weighted by molar-refractivity contribution is 7.26. The first-order valence-electron chi connectivity index (χ1n) is 18.0. The number of para-hydroxylation sites is 1. The summed E-state index contributed by atoms with van der Waals surface area (Å²) in [5.74, 6) is 0. The number of fused-ring (bicyclic) bond motifs is 17. The van der Waals surface area contributed by atoms with E-state index in [-0.39, 0.29) is 0 Å². The maximum atomic E-state index is 5.40. The first kappa shape index (κ1) is 28.4. The zero-order valence-electron chi connectivity index (χ0n) is 28.1. The van der Waals surface area contributed by atoms with Crippen molar-refractivity contribution in [3.8, 4) is 44.6 Å². The van der Waals surface area contributed by atoms with Gasteiger partial charge in [0.05, 0.1) is 16.6 Å². The fourth-order valence-corrected chi connectivity index (χ4v) is 11.0. The number of benzene rings is 8. The zero-order chi connectivity index (χ0) is 34.0. The molecule has 0 bridgehead atoms. The van der Waals surface area contributed by atoms with Crippen molar-refractivity contribution in [2.75, 3.05) is 0 Å². The lowest BCUT2D eigenvalue weighted by Crippen LogP contribution is -2.25. The summed E-state index contributed by atoms with van der Waals surface area (Å²) in [6.45, 7) is 0. The first-order chi connectivity index (χ1) is 25.8. The lowest BCUT2D eigenvalue weighted by Gasteiger charge is -2.30. The highest BCUT2D eigenvalue weighted by Gasteiger charge is 2.52. The molecule has 1 nitrogen and oxygen atoms in total. The summed E-state index contributed by atoms with van der Waals surface area (Å²) < 4.78 is 2.62. The van der Waals surface area contributed by atoms with Crippen LogP contribution in [0.3, 0.4) is 0 Å². The summed E-state index contributed by atoms with van der Waals surface area (Å²) in [4.78, 5) is 5.40. The predicted molar refractivity (Wildman–Crippen MR) is 219 cm³/mol. The third kappa shape index (κ3) is 3.50. The normalized spacial score (nSPS) is 13.5. The average Bonchev–Trinajstić information content (AvgIpc) is 3.85. The van der Waals surface area contributed by atoms with Crippen LogP contribution in [-0.2, 0) is 5.41 Å². The Balaban J connectivity index is 1.27. The average molecular weight is 676 g/mol. The molecule has 0 radical (unpaired) electrons. The van der Waals surface area contributed by atoms with E-state index in [4.69, 9.17) is 4.98 Å². The topological polar surface area (TPSA) is 12.9 Å². The molecule has 52 heavy (non-hydrogen) atoms. The van der Waals surface area contributed by atoms with Crippen LogP contribution in [0.4, 0.5) is 0 Å². The van der Waals surface area contributed by atoms with Crippen LogP contribution in [0.5, 0.6) is 0 Å². The van der Waals surface area contributed by atoms with Crippen molar-refractivity contribution in [2.24, 2.45) is 0 Å². The molecule has 0 saturated carbocycles. The van der Waals surface area contributed by atoms with E-state index in [0.29, 0.717) is 0 Å². The third-order valence-corrected chi connectivity index (χ3v) is 12.9. The van der Waals surface area contributed by atoms with Crippen molar-refractivity contribution in [3.63, 3.8) is 0 Å². The van der Waals surface area contributed by atoms with Gasteiger partial charge in [0.1, 0.15) is 0 Å². The van der Waals surface area contributed by atoms with Crippen molar-refractivity contribution in [1.29, 1.82) is 0 Å². The monoisotopic (exact) mass is 675 g/mol. The molecule has 8 aromatic carbocycles. The standard InChI is InChI=1S/C50H29NS/c1-2-15-30(16-3-1)48-38-29-37(49-47(36-21-8-13-28-44(36)52-49)46(38)35-20-7-12-27-43(35)51-48)33-22-14-26-42-45(33)34-19-6-11-25-41(34)50(42)39-23-9-4-17-31(39)32-18-5-10-24-40(32)50/h1-29H. The second kappa shape index (κ2) is 10.4. The first-order valence-corrected chi connectivity index (χ1v) is 18.8. The maximum Gasteiger partial charge on any atom is 0.0788 e. The summed E-state index contributed by atoms with van der Waals surface area (Å²) in [7, 11) is 0. The number of thiophene rings is 1. The van der Waals surface area contributed by atoms with Gasteiger partial charge < -0.3 is 0 Å². The highest BCUT2D eigenvalue weighted by atomic mass is 32.1. The van der Waals surface area contributed by atoms with Crippen LogP contribution in [0.25, 0.3) is 86.5 Å². The molecule has 2 aromatic heterocycles. The van der Waals surface area contributed by atoms with Crippen LogP contribution in [0, 0.1) is 0 Å². The highest BCUT2D eigenvalue weighted by Crippen LogP contribution is 2.64. The third-order valence-electron chi connectivity index (χ3n) is 11.7. The van der Waals surface area contributed by atoms with E-state index in [0.717, 1.165) is 16.8 Å². The van der Waals surface area contributed by atoms with Gasteiger partial charge in [-0.2, -0.15) is 0 Å². The summed E-state index contributed by atoms with van der Waals surface area (Å²) in [6.07, 6.45) is 0. The van der Waals surface area contributed by atoms with Crippen molar-refractivity contribution in [1.82, 2.24) is 4.98 Å². The Morgan fingerprint density at radius 2 is 0.981 bits per heavy atom. The van der Waals surface area contributed by atoms with Crippen LogP contribution in [-0.4, -0.2) is 4.98 Å². The Bertz CT molecular complexity index is 3090. The Morgan fingerprint density at radius 1 is 0.404 bits per heavy atom. The molecule has 2 aliphatic rings. The molecule has 2 aliphatic carbocycles. The minimum Gasteiger partial charge on any atom is -0.247 e. The number of hydrogen-bond acceptors (Lipinski definition) is 2. The largest absolute Gasteiger partial charge is 0.247 e. The second-order valence-electron chi connectivity index (χ2n) is 14.1. The van der Waals surface area contributed by atoms with E-state index in [2.05, 4.69) is 176 Å². The molecule has 12 rings (SSSR count). The van der Waals surface area contributed by atoms with Crippen molar-refractivity contribution in [3.05, 3.63) is 198 Å². The molecule has 2 heterocycles. The fraction of sp³-hybridized carbons (Fsp3) is 0.0200. The molecule has 0 saturated heterocycles. The number of hydrogen-bond donors (Lipinski definition) is 0. The fourth-order valence-electron chi connectivity index (χ4n) is 9.71. The van der Waals surface area contributed by atoms with Gasteiger partial charge in [-0.25, -0.2) is 4.98 Å². The Kier molecular flexibility index (Phi) is 5.65. The molecule has 0 fully saturated rings. The van der Waals surface area contributed by atoms with E-state index in [1.807, 2.05) is 11.3 Å². The molecule has 0 N–H and O–H groups in total. The number of aromatic nitrogens is 1. The Morgan fingerprint density at radius 3 is 1.75 bits per heavy atom. The molecule has 2 heteroatoms. The van der Waals surface area contributed by atoms with Crippen LogP contribution in [0.2, 0.25) is 0 Å². The second-order valence-corrected chi connectivity index (χ2v) is 15.2. The molecule has 10 aromatic rings.